The van der Waals surface area contributed by atoms with E-state index in [9.17, 15) is 9.18 Å². The maximum atomic E-state index is 13.4. The molecule has 0 aliphatic carbocycles. The molecule has 3 aromatic rings. The van der Waals surface area contributed by atoms with Crippen LogP contribution in [0.1, 0.15) is 0 Å². The molecule has 0 bridgehead atoms. The Bertz CT molecular complexity index is 849. The van der Waals surface area contributed by atoms with E-state index in [4.69, 9.17) is 4.74 Å². The number of nitrogens with one attached hydrogen (secondary N) is 2. The monoisotopic (exact) mass is 323 g/mol. The topological polar surface area (TPSA) is 70.8 Å². The molecular weight excluding hydrogens is 312 g/mol. The van der Waals surface area contributed by atoms with E-state index in [-0.39, 0.29) is 11.4 Å². The molecule has 1 unspecified atom stereocenters. The predicted octanol–water partition coefficient (Wildman–Crippen LogP) is 2.75. The van der Waals surface area contributed by atoms with E-state index in [1.165, 1.54) is 30.2 Å². The Labute approximate surface area is 125 Å². The lowest BCUT2D eigenvalue weighted by atomic mass is 10.3. The molecule has 21 heavy (non-hydrogen) atoms. The third-order valence-corrected chi connectivity index (χ3v) is 4.04. The molecule has 8 heteroatoms. The summed E-state index contributed by atoms with van der Waals surface area (Å²) in [6.45, 7) is 0. The third kappa shape index (κ3) is 2.80. The number of benzene rings is 1. The lowest BCUT2D eigenvalue weighted by molar-refractivity contribution is 0.382. The van der Waals surface area contributed by atoms with Crippen LogP contribution >= 0.6 is 21.0 Å². The predicted molar refractivity (Wildman–Crippen MR) is 82.4 cm³/mol. The second kappa shape index (κ2) is 5.87. The minimum absolute atomic E-state index is 0.243. The summed E-state index contributed by atoms with van der Waals surface area (Å²) in [7, 11) is 2.45. The Hall–Kier alpha value is -1.85. The van der Waals surface area contributed by atoms with Crippen molar-refractivity contribution in [2.75, 3.05) is 6.35 Å². The maximum absolute atomic E-state index is 13.4. The highest BCUT2D eigenvalue weighted by molar-refractivity contribution is 7.99. The molecule has 2 aromatic heterocycles. The highest BCUT2D eigenvalue weighted by Gasteiger charge is 2.13. The minimum Gasteiger partial charge on any atom is -0.489 e. The van der Waals surface area contributed by atoms with Crippen LogP contribution in [0.15, 0.2) is 45.3 Å². The molecule has 0 fully saturated rings. The molecule has 3 rings (SSSR count). The summed E-state index contributed by atoms with van der Waals surface area (Å²) >= 11 is 1.29. The second-order valence-corrected chi connectivity index (χ2v) is 5.53. The highest BCUT2D eigenvalue weighted by Crippen LogP contribution is 2.37. The summed E-state index contributed by atoms with van der Waals surface area (Å²) in [6, 6.07) is 4.32. The van der Waals surface area contributed by atoms with Crippen molar-refractivity contribution >= 4 is 32.0 Å². The van der Waals surface area contributed by atoms with Crippen LogP contribution in [-0.2, 0) is 0 Å². The van der Waals surface area contributed by atoms with Crippen LogP contribution in [0.4, 0.5) is 4.39 Å². The first-order valence-corrected chi connectivity index (χ1v) is 7.67. The Balaban J connectivity index is 2.04. The molecule has 1 atom stereocenters. The van der Waals surface area contributed by atoms with Gasteiger partial charge in [0.2, 0.25) is 0 Å². The van der Waals surface area contributed by atoms with E-state index in [2.05, 4.69) is 24.2 Å². The van der Waals surface area contributed by atoms with Gasteiger partial charge in [-0.25, -0.2) is 9.37 Å². The van der Waals surface area contributed by atoms with Gasteiger partial charge >= 0.3 is 0 Å². The Kier molecular flexibility index (Phi) is 3.94. The lowest BCUT2D eigenvalue weighted by Crippen LogP contribution is -2.05. The molecule has 1 aromatic carbocycles. The van der Waals surface area contributed by atoms with Crippen LogP contribution in [0.3, 0.4) is 0 Å². The fourth-order valence-corrected chi connectivity index (χ4v) is 3.08. The van der Waals surface area contributed by atoms with Gasteiger partial charge in [0.25, 0.3) is 5.56 Å². The Morgan fingerprint density at radius 1 is 1.33 bits per heavy atom. The molecule has 0 spiro atoms. The van der Waals surface area contributed by atoms with Gasteiger partial charge < -0.3 is 14.7 Å². The second-order valence-electron chi connectivity index (χ2n) is 4.11. The number of aromatic nitrogens is 3. The van der Waals surface area contributed by atoms with Crippen LogP contribution in [0.2, 0.25) is 0 Å². The number of H-pyrrole nitrogens is 2. The van der Waals surface area contributed by atoms with Crippen LogP contribution < -0.4 is 10.3 Å². The fraction of sp³-hybridized carbons (Fsp3) is 0.0769. The van der Waals surface area contributed by atoms with Gasteiger partial charge in [0.05, 0.1) is 16.1 Å². The van der Waals surface area contributed by atoms with E-state index in [0.29, 0.717) is 28.0 Å². The lowest BCUT2D eigenvalue weighted by Gasteiger charge is -2.09. The Morgan fingerprint density at radius 2 is 2.19 bits per heavy atom. The standard InChI is InChI=1S/C13H11FN3O2PS/c14-7-1-2-8(19-6-20)9(3-7)21-10-4-15-12-11(10)16-5-17-13(12)18/h1-5,15H,6,20H2,(H,16,17,18). The molecule has 2 N–H and O–H groups in total. The zero-order valence-corrected chi connectivity index (χ0v) is 12.7. The van der Waals surface area contributed by atoms with Crippen molar-refractivity contribution in [1.82, 2.24) is 15.0 Å². The quantitative estimate of drug-likeness (QED) is 0.724. The van der Waals surface area contributed by atoms with Gasteiger partial charge in [0.1, 0.15) is 28.9 Å². The van der Waals surface area contributed by atoms with Crippen LogP contribution in [0.5, 0.6) is 5.75 Å². The molecule has 0 radical (unpaired) electrons. The number of rotatable bonds is 4. The number of ether oxygens (including phenoxy) is 1. The normalized spacial score (nSPS) is 11.0. The van der Waals surface area contributed by atoms with E-state index >= 15 is 0 Å². The molecule has 2 heterocycles. The zero-order valence-electron chi connectivity index (χ0n) is 10.7. The molecule has 108 valence electrons. The summed E-state index contributed by atoms with van der Waals surface area (Å²) in [4.78, 5) is 22.5. The molecule has 0 saturated carbocycles. The number of aromatic amines is 2. The van der Waals surface area contributed by atoms with Crippen LogP contribution in [0, 0.1) is 5.82 Å². The fourth-order valence-electron chi connectivity index (χ4n) is 1.89. The summed E-state index contributed by atoms with van der Waals surface area (Å²) in [5.41, 5.74) is 0.697. The molecule has 0 amide bonds. The highest BCUT2D eigenvalue weighted by atomic mass is 32.2. The SMILES string of the molecule is O=c1[nH]cnc2c(Sc3cc(F)ccc3OCP)c[nH]c12. The van der Waals surface area contributed by atoms with Gasteiger partial charge in [-0.15, -0.1) is 0 Å². The van der Waals surface area contributed by atoms with E-state index in [0.717, 1.165) is 4.90 Å². The van der Waals surface area contributed by atoms with Gasteiger partial charge in [-0.3, -0.25) is 4.79 Å². The van der Waals surface area contributed by atoms with Gasteiger partial charge in [-0.05, 0) is 18.2 Å². The zero-order chi connectivity index (χ0) is 14.8. The van der Waals surface area contributed by atoms with Crippen molar-refractivity contribution in [3.05, 3.63) is 46.9 Å². The summed E-state index contributed by atoms with van der Waals surface area (Å²) < 4.78 is 18.9. The van der Waals surface area contributed by atoms with Crippen molar-refractivity contribution in [2.45, 2.75) is 9.79 Å². The maximum Gasteiger partial charge on any atom is 0.275 e. The van der Waals surface area contributed by atoms with Gasteiger partial charge in [-0.2, -0.15) is 0 Å². The molecular formula is C13H11FN3O2PS. The van der Waals surface area contributed by atoms with E-state index < -0.39 is 0 Å². The molecule has 0 saturated heterocycles. The molecule has 5 nitrogen and oxygen atoms in total. The first-order valence-electron chi connectivity index (χ1n) is 6.04. The van der Waals surface area contributed by atoms with E-state index in [1.807, 2.05) is 0 Å². The number of hydrogen-bond acceptors (Lipinski definition) is 4. The van der Waals surface area contributed by atoms with Crippen molar-refractivity contribution < 1.29 is 9.13 Å². The molecule has 0 aliphatic rings. The first-order chi connectivity index (χ1) is 10.2. The number of nitrogens with zero attached hydrogens (tertiary/aromatic N) is 1. The average molecular weight is 323 g/mol. The van der Waals surface area contributed by atoms with Crippen molar-refractivity contribution in [1.29, 1.82) is 0 Å². The van der Waals surface area contributed by atoms with Crippen LogP contribution in [0.25, 0.3) is 11.0 Å². The summed E-state index contributed by atoms with van der Waals surface area (Å²) in [5.74, 6) is 0.231. The van der Waals surface area contributed by atoms with Gasteiger partial charge in [-0.1, -0.05) is 21.0 Å². The molecule has 0 aliphatic heterocycles. The van der Waals surface area contributed by atoms with Gasteiger partial charge in [0, 0.05) is 6.20 Å². The summed E-state index contributed by atoms with van der Waals surface area (Å²) in [5, 5.41) is 0. The van der Waals surface area contributed by atoms with Crippen molar-refractivity contribution in [2.24, 2.45) is 0 Å². The summed E-state index contributed by atoms with van der Waals surface area (Å²) in [6.07, 6.45) is 3.42. The largest absolute Gasteiger partial charge is 0.489 e. The number of fused-ring (bicyclic) bond motifs is 1. The number of hydrogen-bond donors (Lipinski definition) is 2. The first kappa shape index (κ1) is 14.1. The minimum atomic E-state index is -0.348. The Morgan fingerprint density at radius 3 is 3.00 bits per heavy atom. The third-order valence-electron chi connectivity index (χ3n) is 2.80. The van der Waals surface area contributed by atoms with Crippen molar-refractivity contribution in [3.63, 3.8) is 0 Å². The van der Waals surface area contributed by atoms with Crippen LogP contribution in [-0.4, -0.2) is 21.3 Å². The average Bonchev–Trinajstić information content (AvgIpc) is 2.87. The number of halogens is 1. The van der Waals surface area contributed by atoms with E-state index in [1.54, 1.807) is 12.3 Å². The van der Waals surface area contributed by atoms with Gasteiger partial charge in [0.15, 0.2) is 0 Å². The van der Waals surface area contributed by atoms with Crippen molar-refractivity contribution in [3.8, 4) is 5.75 Å². The smallest absolute Gasteiger partial charge is 0.275 e.